The molecule has 1 aliphatic heterocycles. The zero-order chi connectivity index (χ0) is 19.6. The molecule has 2 aromatic rings. The van der Waals surface area contributed by atoms with Gasteiger partial charge in [0, 0.05) is 18.7 Å². The van der Waals surface area contributed by atoms with Crippen LogP contribution < -0.4 is 15.0 Å². The van der Waals surface area contributed by atoms with Crippen LogP contribution in [0, 0.1) is 0 Å². The maximum Gasteiger partial charge on any atom is 0.417 e. The number of halogens is 3. The van der Waals surface area contributed by atoms with Crippen LogP contribution in [0.4, 0.5) is 18.9 Å². The Balaban J connectivity index is 1.72. The van der Waals surface area contributed by atoms with Crippen molar-refractivity contribution in [1.29, 1.82) is 0 Å². The third-order valence-electron chi connectivity index (χ3n) is 4.32. The van der Waals surface area contributed by atoms with Crippen molar-refractivity contribution in [3.05, 3.63) is 59.7 Å². The van der Waals surface area contributed by atoms with Crippen LogP contribution in [-0.4, -0.2) is 31.5 Å². The Morgan fingerprint density at radius 2 is 1.81 bits per heavy atom. The Bertz CT molecular complexity index is 850. The molecule has 0 radical (unpaired) electrons. The molecule has 1 saturated heterocycles. The van der Waals surface area contributed by atoms with Gasteiger partial charge in [-0.25, -0.2) is 0 Å². The lowest BCUT2D eigenvalue weighted by Gasteiger charge is -2.18. The second-order valence-electron chi connectivity index (χ2n) is 6.12. The third kappa shape index (κ3) is 4.05. The van der Waals surface area contributed by atoms with Crippen molar-refractivity contribution in [1.82, 2.24) is 5.32 Å². The highest BCUT2D eigenvalue weighted by molar-refractivity contribution is 5.99. The minimum absolute atomic E-state index is 0.0198. The number of methoxy groups -OCH3 is 1. The summed E-state index contributed by atoms with van der Waals surface area (Å²) in [6.45, 7) is 0.186. The number of carbonyl (C=O) groups excluding carboxylic acids is 2. The van der Waals surface area contributed by atoms with Crippen molar-refractivity contribution in [3.63, 3.8) is 0 Å². The third-order valence-corrected chi connectivity index (χ3v) is 4.32. The molecule has 0 spiro atoms. The van der Waals surface area contributed by atoms with E-state index >= 15 is 0 Å². The molecule has 1 heterocycles. The van der Waals surface area contributed by atoms with E-state index in [4.69, 9.17) is 4.74 Å². The molecule has 1 aliphatic rings. The average molecular weight is 378 g/mol. The Labute approximate surface area is 153 Å². The standard InChI is InChI=1S/C19H17F3N2O3/c1-27-14-8-6-13(7-9-14)24-11-12(10-17(24)25)23-18(26)15-4-2-3-5-16(15)19(20,21)22/h2-9,12H,10-11H2,1H3,(H,23,26)/t12-/m0/s1. The number of hydrogen-bond donors (Lipinski definition) is 1. The molecule has 142 valence electrons. The predicted molar refractivity (Wildman–Crippen MR) is 92.7 cm³/mol. The maximum atomic E-state index is 13.1. The van der Waals surface area contributed by atoms with Crippen LogP contribution in [0.15, 0.2) is 48.5 Å². The van der Waals surface area contributed by atoms with Crippen molar-refractivity contribution in [2.24, 2.45) is 0 Å². The highest BCUT2D eigenvalue weighted by Crippen LogP contribution is 2.32. The van der Waals surface area contributed by atoms with Gasteiger partial charge in [-0.05, 0) is 36.4 Å². The predicted octanol–water partition coefficient (Wildman–Crippen LogP) is 3.25. The summed E-state index contributed by atoms with van der Waals surface area (Å²) in [4.78, 5) is 26.1. The number of amides is 2. The van der Waals surface area contributed by atoms with E-state index < -0.39 is 29.3 Å². The van der Waals surface area contributed by atoms with Crippen LogP contribution in [0.25, 0.3) is 0 Å². The van der Waals surface area contributed by atoms with Gasteiger partial charge in [0.25, 0.3) is 5.91 Å². The number of hydrogen-bond acceptors (Lipinski definition) is 3. The molecule has 27 heavy (non-hydrogen) atoms. The topological polar surface area (TPSA) is 58.6 Å². The zero-order valence-electron chi connectivity index (χ0n) is 14.4. The lowest BCUT2D eigenvalue weighted by Crippen LogP contribution is -2.38. The molecule has 3 rings (SSSR count). The highest BCUT2D eigenvalue weighted by Gasteiger charge is 2.36. The first-order valence-corrected chi connectivity index (χ1v) is 8.21. The van der Waals surface area contributed by atoms with Gasteiger partial charge < -0.3 is 15.0 Å². The molecule has 0 aromatic heterocycles. The molecular formula is C19H17F3N2O3. The summed E-state index contributed by atoms with van der Waals surface area (Å²) in [5.41, 5.74) is -0.826. The van der Waals surface area contributed by atoms with E-state index in [-0.39, 0.29) is 18.9 Å². The van der Waals surface area contributed by atoms with E-state index in [2.05, 4.69) is 5.32 Å². The van der Waals surface area contributed by atoms with Crippen molar-refractivity contribution in [2.45, 2.75) is 18.6 Å². The molecule has 5 nitrogen and oxygen atoms in total. The van der Waals surface area contributed by atoms with Gasteiger partial charge in [0.2, 0.25) is 5.91 Å². The molecule has 1 N–H and O–H groups in total. The van der Waals surface area contributed by atoms with E-state index in [1.807, 2.05) is 0 Å². The number of rotatable bonds is 4. The highest BCUT2D eigenvalue weighted by atomic mass is 19.4. The van der Waals surface area contributed by atoms with E-state index in [0.29, 0.717) is 11.4 Å². The quantitative estimate of drug-likeness (QED) is 0.889. The van der Waals surface area contributed by atoms with Crippen molar-refractivity contribution >= 4 is 17.5 Å². The van der Waals surface area contributed by atoms with Crippen molar-refractivity contribution in [3.8, 4) is 5.75 Å². The average Bonchev–Trinajstić information content (AvgIpc) is 3.01. The molecule has 2 amide bonds. The van der Waals surface area contributed by atoms with Gasteiger partial charge in [-0.1, -0.05) is 12.1 Å². The fourth-order valence-corrected chi connectivity index (χ4v) is 3.01. The number of benzene rings is 2. The summed E-state index contributed by atoms with van der Waals surface area (Å²) in [6, 6.07) is 10.8. The lowest BCUT2D eigenvalue weighted by atomic mass is 10.1. The van der Waals surface area contributed by atoms with Crippen LogP contribution in [-0.2, 0) is 11.0 Å². The van der Waals surface area contributed by atoms with Crippen LogP contribution in [0.3, 0.4) is 0 Å². The van der Waals surface area contributed by atoms with E-state index in [9.17, 15) is 22.8 Å². The van der Waals surface area contributed by atoms with Gasteiger partial charge in [-0.2, -0.15) is 13.2 Å². The molecule has 0 aliphatic carbocycles. The van der Waals surface area contributed by atoms with Gasteiger partial charge in [0.05, 0.1) is 24.3 Å². The lowest BCUT2D eigenvalue weighted by molar-refractivity contribution is -0.138. The monoisotopic (exact) mass is 378 g/mol. The molecule has 0 bridgehead atoms. The molecule has 8 heteroatoms. The molecule has 1 atom stereocenters. The van der Waals surface area contributed by atoms with E-state index in [1.165, 1.54) is 24.1 Å². The Morgan fingerprint density at radius 3 is 2.44 bits per heavy atom. The Morgan fingerprint density at radius 1 is 1.15 bits per heavy atom. The second kappa shape index (κ2) is 7.30. The van der Waals surface area contributed by atoms with Crippen molar-refractivity contribution < 1.29 is 27.5 Å². The minimum atomic E-state index is -4.63. The summed E-state index contributed by atoms with van der Waals surface area (Å²) in [6.07, 6.45) is -4.61. The van der Waals surface area contributed by atoms with Crippen LogP contribution in [0.5, 0.6) is 5.75 Å². The summed E-state index contributed by atoms with van der Waals surface area (Å²) in [5.74, 6) is -0.425. The van der Waals surface area contributed by atoms with Gasteiger partial charge in [0.15, 0.2) is 0 Å². The van der Waals surface area contributed by atoms with E-state index in [0.717, 1.165) is 12.1 Å². The van der Waals surface area contributed by atoms with Crippen LogP contribution in [0.1, 0.15) is 22.3 Å². The summed E-state index contributed by atoms with van der Waals surface area (Å²) in [7, 11) is 1.53. The van der Waals surface area contributed by atoms with E-state index in [1.54, 1.807) is 24.3 Å². The summed E-state index contributed by atoms with van der Waals surface area (Å²) in [5, 5.41) is 2.53. The zero-order valence-corrected chi connectivity index (χ0v) is 14.4. The number of ether oxygens (including phenoxy) is 1. The number of nitrogens with zero attached hydrogens (tertiary/aromatic N) is 1. The minimum Gasteiger partial charge on any atom is -0.497 e. The number of alkyl halides is 3. The first-order valence-electron chi connectivity index (χ1n) is 8.21. The molecule has 0 unspecified atom stereocenters. The maximum absolute atomic E-state index is 13.1. The van der Waals surface area contributed by atoms with Gasteiger partial charge in [-0.3, -0.25) is 9.59 Å². The van der Waals surface area contributed by atoms with Gasteiger partial charge >= 0.3 is 6.18 Å². The first kappa shape index (κ1) is 18.8. The van der Waals surface area contributed by atoms with Gasteiger partial charge in [-0.15, -0.1) is 0 Å². The second-order valence-corrected chi connectivity index (χ2v) is 6.12. The Kier molecular flexibility index (Phi) is 5.07. The molecule has 1 fully saturated rings. The number of carbonyl (C=O) groups is 2. The molecular weight excluding hydrogens is 361 g/mol. The van der Waals surface area contributed by atoms with Crippen LogP contribution in [0.2, 0.25) is 0 Å². The molecule has 2 aromatic carbocycles. The van der Waals surface area contributed by atoms with Crippen molar-refractivity contribution in [2.75, 3.05) is 18.6 Å². The molecule has 0 saturated carbocycles. The normalized spacial score (nSPS) is 17.1. The SMILES string of the molecule is COc1ccc(N2C[C@@H](NC(=O)c3ccccc3C(F)(F)F)CC2=O)cc1. The smallest absolute Gasteiger partial charge is 0.417 e. The first-order chi connectivity index (χ1) is 12.8. The summed E-state index contributed by atoms with van der Waals surface area (Å²) < 4.78 is 44.3. The Hall–Kier alpha value is -3.03. The number of nitrogens with one attached hydrogen (secondary N) is 1. The number of anilines is 1. The van der Waals surface area contributed by atoms with Crippen LogP contribution >= 0.6 is 0 Å². The van der Waals surface area contributed by atoms with Gasteiger partial charge in [0.1, 0.15) is 5.75 Å². The fraction of sp³-hybridized carbons (Fsp3) is 0.263. The summed E-state index contributed by atoms with van der Waals surface area (Å²) >= 11 is 0. The largest absolute Gasteiger partial charge is 0.497 e. The fourth-order valence-electron chi connectivity index (χ4n) is 3.01.